The molecule has 146 valence electrons. The molecule has 5 nitrogen and oxygen atoms in total. The molecule has 0 saturated carbocycles. The first-order valence-electron chi connectivity index (χ1n) is 9.91. The molecule has 0 radical (unpaired) electrons. The van der Waals surface area contributed by atoms with Crippen LogP contribution in [0.25, 0.3) is 11.5 Å². The first-order chi connectivity index (χ1) is 13.6. The summed E-state index contributed by atoms with van der Waals surface area (Å²) >= 11 is 5.99. The van der Waals surface area contributed by atoms with Gasteiger partial charge in [0.1, 0.15) is 32.7 Å². The molecule has 0 spiro atoms. The van der Waals surface area contributed by atoms with Crippen LogP contribution in [0, 0.1) is 6.92 Å². The Hall–Kier alpha value is -2.21. The molecule has 2 aromatic carbocycles. The lowest BCUT2D eigenvalue weighted by Gasteiger charge is -2.32. The lowest BCUT2D eigenvalue weighted by atomic mass is 10.1. The SMILES string of the molecule is Cc1cccc(-c2nnc([C@H](C)[NH+]3CC[NH+](Cc4ccc(Cl)cc4)CC3)o2)c1. The quantitative estimate of drug-likeness (QED) is 0.688. The predicted octanol–water partition coefficient (Wildman–Crippen LogP) is 1.74. The number of nitrogens with one attached hydrogen (secondary N) is 2. The maximum atomic E-state index is 6.01. The summed E-state index contributed by atoms with van der Waals surface area (Å²) in [7, 11) is 0. The summed E-state index contributed by atoms with van der Waals surface area (Å²) in [5.74, 6) is 1.34. The second-order valence-corrected chi connectivity index (χ2v) is 8.18. The second kappa shape index (κ2) is 8.43. The van der Waals surface area contributed by atoms with Crippen molar-refractivity contribution >= 4 is 11.6 Å². The third-order valence-corrected chi connectivity index (χ3v) is 5.91. The number of nitrogens with zero attached hydrogens (tertiary/aromatic N) is 2. The van der Waals surface area contributed by atoms with Crippen LogP contribution in [0.3, 0.4) is 0 Å². The third-order valence-electron chi connectivity index (χ3n) is 5.66. The standard InChI is InChI=1S/C22H25ClN4O/c1-16-4-3-5-19(14-16)22-25-24-21(28-22)17(2)27-12-10-26(11-13-27)15-18-6-8-20(23)9-7-18/h3-9,14,17H,10-13,15H2,1-2H3/p+2/t17-/m0/s1. The number of rotatable bonds is 5. The van der Waals surface area contributed by atoms with Crippen molar-refractivity contribution in [2.75, 3.05) is 26.2 Å². The third kappa shape index (κ3) is 4.43. The van der Waals surface area contributed by atoms with Crippen molar-refractivity contribution in [1.82, 2.24) is 10.2 Å². The van der Waals surface area contributed by atoms with Gasteiger partial charge in [0.2, 0.25) is 5.89 Å². The van der Waals surface area contributed by atoms with E-state index in [1.54, 1.807) is 4.90 Å². The molecule has 1 saturated heterocycles. The van der Waals surface area contributed by atoms with Gasteiger partial charge in [-0.3, -0.25) is 0 Å². The highest BCUT2D eigenvalue weighted by molar-refractivity contribution is 6.30. The van der Waals surface area contributed by atoms with Crippen LogP contribution in [0.4, 0.5) is 0 Å². The van der Waals surface area contributed by atoms with Crippen molar-refractivity contribution in [2.45, 2.75) is 26.4 Å². The van der Waals surface area contributed by atoms with Crippen molar-refractivity contribution < 1.29 is 14.2 Å². The molecule has 2 heterocycles. The number of hydrogen-bond acceptors (Lipinski definition) is 3. The molecule has 3 aromatic rings. The van der Waals surface area contributed by atoms with Gasteiger partial charge in [-0.25, -0.2) is 0 Å². The van der Waals surface area contributed by atoms with Crippen molar-refractivity contribution in [3.63, 3.8) is 0 Å². The van der Waals surface area contributed by atoms with Crippen LogP contribution in [-0.2, 0) is 6.54 Å². The molecule has 2 N–H and O–H groups in total. The molecule has 0 aliphatic carbocycles. The Labute approximate surface area is 170 Å². The van der Waals surface area contributed by atoms with E-state index in [2.05, 4.69) is 48.3 Å². The van der Waals surface area contributed by atoms with Gasteiger partial charge in [0.15, 0.2) is 6.04 Å². The zero-order chi connectivity index (χ0) is 19.5. The Morgan fingerprint density at radius 2 is 1.79 bits per heavy atom. The van der Waals surface area contributed by atoms with Gasteiger partial charge in [0, 0.05) is 16.1 Å². The minimum absolute atomic E-state index is 0.211. The predicted molar refractivity (Wildman–Crippen MR) is 109 cm³/mol. The van der Waals surface area contributed by atoms with E-state index in [-0.39, 0.29) is 6.04 Å². The molecule has 0 bridgehead atoms. The zero-order valence-corrected chi connectivity index (χ0v) is 17.2. The molecule has 1 atom stereocenters. The molecule has 1 aliphatic heterocycles. The normalized spacial score (nSPS) is 20.8. The lowest BCUT2D eigenvalue weighted by molar-refractivity contribution is -1.03. The Kier molecular flexibility index (Phi) is 5.76. The Balaban J connectivity index is 1.35. The summed E-state index contributed by atoms with van der Waals surface area (Å²) in [6.45, 7) is 9.80. The number of hydrogen-bond donors (Lipinski definition) is 2. The van der Waals surface area contributed by atoms with Crippen LogP contribution < -0.4 is 9.80 Å². The molecule has 28 heavy (non-hydrogen) atoms. The fourth-order valence-electron chi connectivity index (χ4n) is 3.90. The van der Waals surface area contributed by atoms with Gasteiger partial charge in [-0.2, -0.15) is 0 Å². The lowest BCUT2D eigenvalue weighted by Crippen LogP contribution is -3.27. The number of halogens is 1. The summed E-state index contributed by atoms with van der Waals surface area (Å²) in [6, 6.07) is 16.6. The number of benzene rings is 2. The highest BCUT2D eigenvalue weighted by atomic mass is 35.5. The minimum atomic E-state index is 0.211. The molecule has 1 aliphatic rings. The summed E-state index contributed by atoms with van der Waals surface area (Å²) < 4.78 is 6.01. The minimum Gasteiger partial charge on any atom is -0.415 e. The van der Waals surface area contributed by atoms with Gasteiger partial charge in [-0.1, -0.05) is 41.4 Å². The monoisotopic (exact) mass is 398 g/mol. The van der Waals surface area contributed by atoms with Crippen LogP contribution in [0.15, 0.2) is 52.9 Å². The first-order valence-corrected chi connectivity index (χ1v) is 10.3. The van der Waals surface area contributed by atoms with Crippen molar-refractivity contribution in [2.24, 2.45) is 0 Å². The van der Waals surface area contributed by atoms with E-state index in [0.717, 1.165) is 49.2 Å². The van der Waals surface area contributed by atoms with Crippen LogP contribution in [0.5, 0.6) is 0 Å². The summed E-state index contributed by atoms with van der Waals surface area (Å²) in [5.41, 5.74) is 3.52. The highest BCUT2D eigenvalue weighted by Crippen LogP contribution is 2.20. The molecule has 4 rings (SSSR count). The molecule has 1 aromatic heterocycles. The maximum Gasteiger partial charge on any atom is 0.274 e. The van der Waals surface area contributed by atoms with E-state index in [1.165, 1.54) is 16.0 Å². The molecule has 0 amide bonds. The summed E-state index contributed by atoms with van der Waals surface area (Å²) in [5, 5.41) is 9.41. The fourth-order valence-corrected chi connectivity index (χ4v) is 4.03. The topological polar surface area (TPSA) is 47.8 Å². The van der Waals surface area contributed by atoms with Gasteiger partial charge in [0.05, 0.1) is 0 Å². The van der Waals surface area contributed by atoms with Crippen LogP contribution in [0.1, 0.15) is 30.0 Å². The van der Waals surface area contributed by atoms with Crippen molar-refractivity contribution in [3.05, 3.63) is 70.6 Å². The Bertz CT molecular complexity index is 916. The average Bonchev–Trinajstić information content (AvgIpc) is 3.20. The second-order valence-electron chi connectivity index (χ2n) is 7.75. The Morgan fingerprint density at radius 3 is 2.50 bits per heavy atom. The van der Waals surface area contributed by atoms with Crippen molar-refractivity contribution in [1.29, 1.82) is 0 Å². The molecule has 0 unspecified atom stereocenters. The number of quaternary nitrogens is 2. The average molecular weight is 399 g/mol. The van der Waals surface area contributed by atoms with Crippen LogP contribution in [-0.4, -0.2) is 36.4 Å². The first kappa shape index (κ1) is 19.1. The molecular weight excluding hydrogens is 372 g/mol. The van der Waals surface area contributed by atoms with Gasteiger partial charge in [-0.05, 0) is 38.1 Å². The molecule has 6 heteroatoms. The number of piperazine rings is 1. The van der Waals surface area contributed by atoms with Crippen LogP contribution >= 0.6 is 11.6 Å². The van der Waals surface area contributed by atoms with E-state index < -0.39 is 0 Å². The summed E-state index contributed by atoms with van der Waals surface area (Å²) in [4.78, 5) is 3.13. The zero-order valence-electron chi connectivity index (χ0n) is 16.4. The highest BCUT2D eigenvalue weighted by Gasteiger charge is 2.31. The van der Waals surface area contributed by atoms with E-state index in [1.807, 2.05) is 24.3 Å². The molecule has 1 fully saturated rings. The fraction of sp³-hybridized carbons (Fsp3) is 0.364. The maximum absolute atomic E-state index is 6.01. The van der Waals surface area contributed by atoms with E-state index in [9.17, 15) is 0 Å². The van der Waals surface area contributed by atoms with Gasteiger partial charge >= 0.3 is 0 Å². The number of aromatic nitrogens is 2. The number of aryl methyl sites for hydroxylation is 1. The van der Waals surface area contributed by atoms with E-state index in [0.29, 0.717) is 5.89 Å². The van der Waals surface area contributed by atoms with Crippen molar-refractivity contribution in [3.8, 4) is 11.5 Å². The Morgan fingerprint density at radius 1 is 1.04 bits per heavy atom. The smallest absolute Gasteiger partial charge is 0.274 e. The van der Waals surface area contributed by atoms with Gasteiger partial charge < -0.3 is 14.2 Å². The van der Waals surface area contributed by atoms with Crippen LogP contribution in [0.2, 0.25) is 5.02 Å². The largest absolute Gasteiger partial charge is 0.415 e. The van der Waals surface area contributed by atoms with E-state index in [4.69, 9.17) is 16.0 Å². The van der Waals surface area contributed by atoms with E-state index >= 15 is 0 Å². The summed E-state index contributed by atoms with van der Waals surface area (Å²) in [6.07, 6.45) is 0. The van der Waals surface area contributed by atoms with Gasteiger partial charge in [0.25, 0.3) is 5.89 Å². The molecular formula is C22H27ClN4O+2. The van der Waals surface area contributed by atoms with Gasteiger partial charge in [-0.15, -0.1) is 10.2 Å².